The highest BCUT2D eigenvalue weighted by molar-refractivity contribution is 7.91. The smallest absolute Gasteiger partial charge is 0.252 e. The molecule has 27 heavy (non-hydrogen) atoms. The van der Waals surface area contributed by atoms with Crippen LogP contribution >= 0.6 is 11.3 Å². The van der Waals surface area contributed by atoms with Gasteiger partial charge in [-0.3, -0.25) is 4.79 Å². The maximum atomic E-state index is 12.7. The van der Waals surface area contributed by atoms with Gasteiger partial charge >= 0.3 is 0 Å². The monoisotopic (exact) mass is 414 g/mol. The van der Waals surface area contributed by atoms with E-state index in [0.29, 0.717) is 37.1 Å². The maximum absolute atomic E-state index is 12.7. The number of ether oxygens (including phenoxy) is 2. The van der Waals surface area contributed by atoms with Crippen molar-refractivity contribution in [3.63, 3.8) is 0 Å². The number of amides is 1. The lowest BCUT2D eigenvalue weighted by molar-refractivity contribution is -0.138. The van der Waals surface area contributed by atoms with Gasteiger partial charge in [0, 0.05) is 37.0 Å². The third-order valence-electron chi connectivity index (χ3n) is 5.46. The van der Waals surface area contributed by atoms with Crippen LogP contribution in [0, 0.1) is 5.92 Å². The van der Waals surface area contributed by atoms with E-state index in [9.17, 15) is 13.2 Å². The van der Waals surface area contributed by atoms with Crippen molar-refractivity contribution in [3.05, 3.63) is 17.0 Å². The van der Waals surface area contributed by atoms with E-state index in [0.717, 1.165) is 37.1 Å². The first-order valence-electron chi connectivity index (χ1n) is 9.64. The number of carbonyl (C=O) groups is 1. The molecule has 1 amide bonds. The molecule has 0 saturated carbocycles. The fourth-order valence-corrected chi connectivity index (χ4v) is 7.03. The first kappa shape index (κ1) is 19.3. The SMILES string of the molecule is O=C(Cc1ccc(S(=O)(=O)N2CCCC2)s1)N1CCCC(C2OCCO2)C1. The van der Waals surface area contributed by atoms with E-state index in [1.54, 1.807) is 16.4 Å². The second-order valence-electron chi connectivity index (χ2n) is 7.36. The Morgan fingerprint density at radius 3 is 2.59 bits per heavy atom. The lowest BCUT2D eigenvalue weighted by Gasteiger charge is -2.34. The fraction of sp³-hybridized carbons (Fsp3) is 0.722. The minimum Gasteiger partial charge on any atom is -0.350 e. The molecule has 0 spiro atoms. The van der Waals surface area contributed by atoms with Crippen molar-refractivity contribution in [3.8, 4) is 0 Å². The Morgan fingerprint density at radius 1 is 1.11 bits per heavy atom. The highest BCUT2D eigenvalue weighted by Gasteiger charge is 2.33. The van der Waals surface area contributed by atoms with Gasteiger partial charge < -0.3 is 14.4 Å². The summed E-state index contributed by atoms with van der Waals surface area (Å²) < 4.78 is 38.4. The molecule has 4 rings (SSSR count). The number of piperidine rings is 1. The van der Waals surface area contributed by atoms with Crippen molar-refractivity contribution in [2.24, 2.45) is 5.92 Å². The van der Waals surface area contributed by atoms with Gasteiger partial charge in [-0.1, -0.05) is 0 Å². The summed E-state index contributed by atoms with van der Waals surface area (Å²) in [4.78, 5) is 15.4. The molecule has 0 aliphatic carbocycles. The van der Waals surface area contributed by atoms with Gasteiger partial charge in [-0.25, -0.2) is 8.42 Å². The number of sulfonamides is 1. The number of carbonyl (C=O) groups excluding carboxylic acids is 1. The first-order valence-corrected chi connectivity index (χ1v) is 11.9. The Kier molecular flexibility index (Phi) is 5.84. The fourth-order valence-electron chi connectivity index (χ4n) is 4.02. The van der Waals surface area contributed by atoms with Crippen molar-refractivity contribution in [1.29, 1.82) is 0 Å². The second-order valence-corrected chi connectivity index (χ2v) is 10.7. The van der Waals surface area contributed by atoms with Crippen molar-refractivity contribution >= 4 is 27.3 Å². The van der Waals surface area contributed by atoms with Crippen molar-refractivity contribution in [2.75, 3.05) is 39.4 Å². The normalized spacial score (nSPS) is 25.3. The van der Waals surface area contributed by atoms with Crippen LogP contribution in [0.1, 0.15) is 30.6 Å². The Labute approximate surface area is 164 Å². The van der Waals surface area contributed by atoms with Gasteiger partial charge in [0.1, 0.15) is 4.21 Å². The molecule has 3 aliphatic heterocycles. The molecule has 4 heterocycles. The minimum atomic E-state index is -3.40. The number of nitrogens with zero attached hydrogens (tertiary/aromatic N) is 2. The van der Waals surface area contributed by atoms with Crippen LogP contribution in [0.3, 0.4) is 0 Å². The average Bonchev–Trinajstić information content (AvgIpc) is 3.43. The topological polar surface area (TPSA) is 76.2 Å². The van der Waals surface area contributed by atoms with Gasteiger partial charge in [0.15, 0.2) is 6.29 Å². The Morgan fingerprint density at radius 2 is 1.85 bits per heavy atom. The predicted molar refractivity (Wildman–Crippen MR) is 101 cm³/mol. The summed E-state index contributed by atoms with van der Waals surface area (Å²) in [6, 6.07) is 3.41. The zero-order valence-electron chi connectivity index (χ0n) is 15.3. The summed E-state index contributed by atoms with van der Waals surface area (Å²) in [6.07, 6.45) is 3.84. The number of hydrogen-bond donors (Lipinski definition) is 0. The van der Waals surface area contributed by atoms with Crippen LogP contribution in [-0.2, 0) is 30.7 Å². The van der Waals surface area contributed by atoms with Crippen LogP contribution < -0.4 is 0 Å². The lowest BCUT2D eigenvalue weighted by Crippen LogP contribution is -2.44. The molecule has 3 fully saturated rings. The molecule has 3 saturated heterocycles. The first-order chi connectivity index (χ1) is 13.0. The number of rotatable bonds is 5. The highest BCUT2D eigenvalue weighted by Crippen LogP contribution is 2.29. The Hall–Kier alpha value is -1.00. The van der Waals surface area contributed by atoms with Gasteiger partial charge in [0.25, 0.3) is 10.0 Å². The molecule has 1 unspecified atom stereocenters. The van der Waals surface area contributed by atoms with Crippen molar-refractivity contribution < 1.29 is 22.7 Å². The number of likely N-dealkylation sites (tertiary alicyclic amines) is 1. The van der Waals surface area contributed by atoms with Crippen molar-refractivity contribution in [2.45, 2.75) is 42.6 Å². The van der Waals surface area contributed by atoms with Gasteiger partial charge in [-0.05, 0) is 37.8 Å². The van der Waals surface area contributed by atoms with E-state index >= 15 is 0 Å². The van der Waals surface area contributed by atoms with Gasteiger partial charge in [-0.2, -0.15) is 4.31 Å². The second kappa shape index (κ2) is 8.16. The molecule has 0 N–H and O–H groups in total. The van der Waals surface area contributed by atoms with Crippen LogP contribution in [0.15, 0.2) is 16.3 Å². The summed E-state index contributed by atoms with van der Waals surface area (Å²) in [5, 5.41) is 0. The van der Waals surface area contributed by atoms with Gasteiger partial charge in [-0.15, -0.1) is 11.3 Å². The highest BCUT2D eigenvalue weighted by atomic mass is 32.2. The van der Waals surface area contributed by atoms with E-state index in [-0.39, 0.29) is 24.5 Å². The van der Waals surface area contributed by atoms with E-state index in [1.807, 2.05) is 4.90 Å². The summed E-state index contributed by atoms with van der Waals surface area (Å²) >= 11 is 1.22. The number of hydrogen-bond acceptors (Lipinski definition) is 6. The van der Waals surface area contributed by atoms with E-state index < -0.39 is 10.0 Å². The summed E-state index contributed by atoms with van der Waals surface area (Å²) in [5.41, 5.74) is 0. The predicted octanol–water partition coefficient (Wildman–Crippen LogP) is 1.69. The molecule has 1 aromatic rings. The van der Waals surface area contributed by atoms with Crippen LogP contribution in [-0.4, -0.2) is 69.2 Å². The number of thiophene rings is 1. The van der Waals surface area contributed by atoms with Crippen LogP contribution in [0.4, 0.5) is 0 Å². The quantitative estimate of drug-likeness (QED) is 0.733. The standard InChI is InChI=1S/C18H26N2O5S2/c21-16(19-7-3-4-14(13-19)18-24-10-11-25-18)12-15-5-6-17(26-15)27(22,23)20-8-1-2-9-20/h5-6,14,18H,1-4,7-13H2. The van der Waals surface area contributed by atoms with Gasteiger partial charge in [0.05, 0.1) is 19.6 Å². The van der Waals surface area contributed by atoms with Crippen LogP contribution in [0.25, 0.3) is 0 Å². The lowest BCUT2D eigenvalue weighted by atomic mass is 9.97. The third-order valence-corrected chi connectivity index (χ3v) is 8.92. The minimum absolute atomic E-state index is 0.0460. The van der Waals surface area contributed by atoms with Gasteiger partial charge in [0.2, 0.25) is 5.91 Å². The molecule has 9 heteroatoms. The zero-order chi connectivity index (χ0) is 18.9. The van der Waals surface area contributed by atoms with Crippen molar-refractivity contribution in [1.82, 2.24) is 9.21 Å². The zero-order valence-corrected chi connectivity index (χ0v) is 17.0. The Bertz CT molecular complexity index is 766. The molecule has 1 aromatic heterocycles. The van der Waals surface area contributed by atoms with E-state index in [2.05, 4.69) is 0 Å². The van der Waals surface area contributed by atoms with Crippen LogP contribution in [0.2, 0.25) is 0 Å². The summed E-state index contributed by atoms with van der Waals surface area (Å²) in [7, 11) is -3.40. The molecule has 0 aromatic carbocycles. The molecule has 3 aliphatic rings. The van der Waals surface area contributed by atoms with E-state index in [4.69, 9.17) is 9.47 Å². The molecular formula is C18H26N2O5S2. The molecule has 0 radical (unpaired) electrons. The Balaban J connectivity index is 1.37. The average molecular weight is 415 g/mol. The largest absolute Gasteiger partial charge is 0.350 e. The molecule has 7 nitrogen and oxygen atoms in total. The molecular weight excluding hydrogens is 388 g/mol. The summed E-state index contributed by atoms with van der Waals surface area (Å²) in [6.45, 7) is 3.82. The third kappa shape index (κ3) is 4.22. The van der Waals surface area contributed by atoms with E-state index in [1.165, 1.54) is 11.3 Å². The molecule has 0 bridgehead atoms. The molecule has 150 valence electrons. The summed E-state index contributed by atoms with van der Waals surface area (Å²) in [5.74, 6) is 0.268. The maximum Gasteiger partial charge on any atom is 0.252 e. The van der Waals surface area contributed by atoms with Crippen LogP contribution in [0.5, 0.6) is 0 Å². The molecule has 1 atom stereocenters.